The van der Waals surface area contributed by atoms with E-state index in [1.807, 2.05) is 12.1 Å². The number of aromatic nitrogens is 1. The summed E-state index contributed by atoms with van der Waals surface area (Å²) in [5, 5.41) is 1.77. The lowest BCUT2D eigenvalue weighted by atomic mass is 9.99. The Morgan fingerprint density at radius 2 is 1.25 bits per heavy atom. The molecule has 0 aliphatic heterocycles. The van der Waals surface area contributed by atoms with E-state index in [2.05, 4.69) is 4.98 Å². The minimum Gasteiger partial charge on any atom is -0.493 e. The second-order valence-corrected chi connectivity index (χ2v) is 6.12. The second kappa shape index (κ2) is 6.67. The molecule has 0 atom stereocenters. The van der Waals surface area contributed by atoms with E-state index in [0.717, 1.165) is 33.2 Å². The Balaban J connectivity index is 2.27. The first-order valence-corrected chi connectivity index (χ1v) is 8.61. The van der Waals surface area contributed by atoms with Crippen LogP contribution in [-0.4, -0.2) is 47.6 Å². The molecule has 3 aromatic rings. The van der Waals surface area contributed by atoms with Crippen LogP contribution in [0.4, 0.5) is 0 Å². The summed E-state index contributed by atoms with van der Waals surface area (Å²) in [5.74, 6) is 3.25. The fourth-order valence-electron chi connectivity index (χ4n) is 3.97. The summed E-state index contributed by atoms with van der Waals surface area (Å²) in [7, 11) is 9.55. The molecule has 1 aliphatic rings. The van der Waals surface area contributed by atoms with E-state index in [9.17, 15) is 0 Å². The van der Waals surface area contributed by atoms with Crippen molar-refractivity contribution in [2.75, 3.05) is 42.7 Å². The molecule has 0 N–H and O–H groups in total. The molecule has 4 rings (SSSR count). The molecule has 1 aromatic heterocycles. The van der Waals surface area contributed by atoms with Gasteiger partial charge in [-0.15, -0.1) is 0 Å². The Morgan fingerprint density at radius 3 is 1.82 bits per heavy atom. The monoisotopic (exact) mass is 383 g/mol. The number of hydrogen-bond acceptors (Lipinski definition) is 7. The van der Waals surface area contributed by atoms with Crippen LogP contribution in [0.1, 0.15) is 0 Å². The highest BCUT2D eigenvalue weighted by Gasteiger charge is 2.36. The normalized spacial score (nSPS) is 11.2. The lowest BCUT2D eigenvalue weighted by Gasteiger charge is -2.19. The van der Waals surface area contributed by atoms with E-state index in [0.29, 0.717) is 34.5 Å². The molecule has 1 aliphatic carbocycles. The van der Waals surface area contributed by atoms with Gasteiger partial charge in [0.05, 0.1) is 48.4 Å². The van der Waals surface area contributed by atoms with Crippen molar-refractivity contribution in [1.82, 2.24) is 4.98 Å². The van der Waals surface area contributed by atoms with Crippen molar-refractivity contribution < 1.29 is 28.4 Å². The van der Waals surface area contributed by atoms with Gasteiger partial charge in [-0.25, -0.2) is 0 Å². The van der Waals surface area contributed by atoms with Crippen LogP contribution >= 0.6 is 0 Å². The highest BCUT2D eigenvalue weighted by molar-refractivity contribution is 6.20. The minimum atomic E-state index is 0.501. The topological polar surface area (TPSA) is 68.3 Å². The largest absolute Gasteiger partial charge is 0.493 e. The fourth-order valence-corrected chi connectivity index (χ4v) is 3.97. The van der Waals surface area contributed by atoms with Gasteiger partial charge in [-0.3, -0.25) is 4.98 Å². The van der Waals surface area contributed by atoms with Crippen LogP contribution < -0.4 is 28.4 Å². The summed E-state index contributed by atoms with van der Waals surface area (Å²) < 4.78 is 34.0. The molecule has 0 unspecified atom stereocenters. The fraction of sp³-hybridized carbons (Fsp3) is 0.286. The molecular weight excluding hydrogens is 362 g/mol. The van der Waals surface area contributed by atoms with Gasteiger partial charge in [0.2, 0.25) is 11.5 Å². The van der Waals surface area contributed by atoms with Crippen LogP contribution in [0.3, 0.4) is 0 Å². The van der Waals surface area contributed by atoms with E-state index < -0.39 is 0 Å². The Kier molecular flexibility index (Phi) is 4.30. The van der Waals surface area contributed by atoms with Gasteiger partial charge in [0.25, 0.3) is 0 Å². The first-order valence-electron chi connectivity index (χ1n) is 8.61. The van der Waals surface area contributed by atoms with E-state index in [-0.39, 0.29) is 0 Å². The Bertz CT molecular complexity index is 1090. The van der Waals surface area contributed by atoms with Gasteiger partial charge in [0, 0.05) is 33.7 Å². The number of rotatable bonds is 6. The molecular formula is C21H21NO6. The number of fused-ring (bicyclic) bond motifs is 3. The molecule has 146 valence electrons. The van der Waals surface area contributed by atoms with Crippen LogP contribution in [-0.2, 0) is 0 Å². The third-order valence-corrected chi connectivity index (χ3v) is 5.03. The zero-order valence-corrected chi connectivity index (χ0v) is 16.6. The Morgan fingerprint density at radius 1 is 0.643 bits per heavy atom. The maximum Gasteiger partial charge on any atom is 0.204 e. The minimum absolute atomic E-state index is 0.501. The molecule has 7 heteroatoms. The van der Waals surface area contributed by atoms with Gasteiger partial charge in [-0.05, 0) is 12.1 Å². The lowest BCUT2D eigenvalue weighted by molar-refractivity contribution is 0.324. The summed E-state index contributed by atoms with van der Waals surface area (Å²) in [6.07, 6.45) is 1.74. The molecule has 0 bridgehead atoms. The average molecular weight is 383 g/mol. The molecule has 7 nitrogen and oxygen atoms in total. The molecule has 28 heavy (non-hydrogen) atoms. The van der Waals surface area contributed by atoms with Crippen molar-refractivity contribution in [3.05, 3.63) is 18.3 Å². The average Bonchev–Trinajstić information content (AvgIpc) is 3.07. The highest BCUT2D eigenvalue weighted by atomic mass is 16.5. The van der Waals surface area contributed by atoms with E-state index >= 15 is 0 Å². The van der Waals surface area contributed by atoms with E-state index in [1.54, 1.807) is 48.9 Å². The summed E-state index contributed by atoms with van der Waals surface area (Å²) in [6.45, 7) is 0. The van der Waals surface area contributed by atoms with Crippen molar-refractivity contribution in [2.45, 2.75) is 0 Å². The maximum atomic E-state index is 5.77. The van der Waals surface area contributed by atoms with Gasteiger partial charge in [-0.1, -0.05) is 0 Å². The zero-order valence-electron chi connectivity index (χ0n) is 16.6. The van der Waals surface area contributed by atoms with E-state index in [4.69, 9.17) is 28.4 Å². The molecule has 0 saturated heterocycles. The summed E-state index contributed by atoms with van der Waals surface area (Å²) >= 11 is 0. The molecule has 1 heterocycles. The summed E-state index contributed by atoms with van der Waals surface area (Å²) in [4.78, 5) is 4.63. The number of ether oxygens (including phenoxy) is 6. The van der Waals surface area contributed by atoms with Gasteiger partial charge >= 0.3 is 0 Å². The quantitative estimate of drug-likeness (QED) is 0.500. The number of nitrogens with zero attached hydrogens (tertiary/aromatic N) is 1. The Labute approximate surface area is 162 Å². The zero-order chi connectivity index (χ0) is 20.0. The smallest absolute Gasteiger partial charge is 0.204 e. The first-order chi connectivity index (χ1) is 13.7. The number of benzene rings is 2. The molecule has 2 aromatic carbocycles. The number of hydrogen-bond donors (Lipinski definition) is 0. The summed E-state index contributed by atoms with van der Waals surface area (Å²) in [5.41, 5.74) is 3.30. The van der Waals surface area contributed by atoms with Gasteiger partial charge in [0.1, 0.15) is 0 Å². The van der Waals surface area contributed by atoms with Crippen molar-refractivity contribution in [2.24, 2.45) is 0 Å². The number of pyridine rings is 1. The van der Waals surface area contributed by atoms with Gasteiger partial charge < -0.3 is 28.4 Å². The highest BCUT2D eigenvalue weighted by Crippen LogP contribution is 2.62. The summed E-state index contributed by atoms with van der Waals surface area (Å²) in [6, 6.07) is 3.80. The third-order valence-electron chi connectivity index (χ3n) is 5.03. The second-order valence-electron chi connectivity index (χ2n) is 6.12. The standard InChI is InChI=1S/C21H21NO6/c1-23-12-9-11-14(19(26-4)18(12)25-3)15-13-10(7-8-22-16(11)13)17(24-2)21(28-6)20(15)27-5/h7-9H,1-6H3. The van der Waals surface area contributed by atoms with Crippen LogP contribution in [0.25, 0.3) is 33.2 Å². The molecule has 0 fully saturated rings. The Hall–Kier alpha value is -3.35. The van der Waals surface area contributed by atoms with Gasteiger partial charge in [-0.2, -0.15) is 0 Å². The van der Waals surface area contributed by atoms with Crippen molar-refractivity contribution >= 4 is 10.8 Å². The van der Waals surface area contributed by atoms with Crippen LogP contribution in [0.5, 0.6) is 34.5 Å². The van der Waals surface area contributed by atoms with Crippen molar-refractivity contribution in [1.29, 1.82) is 0 Å². The van der Waals surface area contributed by atoms with Crippen molar-refractivity contribution in [3.63, 3.8) is 0 Å². The van der Waals surface area contributed by atoms with E-state index in [1.165, 1.54) is 0 Å². The van der Waals surface area contributed by atoms with Crippen LogP contribution in [0.15, 0.2) is 18.3 Å². The first kappa shape index (κ1) is 18.0. The lowest BCUT2D eigenvalue weighted by Crippen LogP contribution is -2.00. The molecule has 0 amide bonds. The van der Waals surface area contributed by atoms with Crippen molar-refractivity contribution in [3.8, 4) is 56.9 Å². The molecule has 0 radical (unpaired) electrons. The SMILES string of the molecule is COc1cc2c(c(OC)c1OC)-c1c(OC)c(OC)c(OC)c3ccnc-2c13. The van der Waals surface area contributed by atoms with Crippen LogP contribution in [0, 0.1) is 0 Å². The van der Waals surface area contributed by atoms with Gasteiger partial charge in [0.15, 0.2) is 23.0 Å². The third kappa shape index (κ3) is 2.13. The van der Waals surface area contributed by atoms with Crippen LogP contribution in [0.2, 0.25) is 0 Å². The maximum absolute atomic E-state index is 5.77. The predicted molar refractivity (Wildman–Crippen MR) is 105 cm³/mol. The molecule has 0 saturated carbocycles. The molecule has 0 spiro atoms. The number of methoxy groups -OCH3 is 6. The predicted octanol–water partition coefficient (Wildman–Crippen LogP) is 3.93.